The molecule has 2 unspecified atom stereocenters. The van der Waals surface area contributed by atoms with Crippen LogP contribution in [0.15, 0.2) is 30.3 Å². The summed E-state index contributed by atoms with van der Waals surface area (Å²) in [5.74, 6) is 0.698. The molecule has 70 valence electrons. The summed E-state index contributed by atoms with van der Waals surface area (Å²) >= 11 is 0. The third-order valence-corrected chi connectivity index (χ3v) is 2.39. The second-order valence-corrected chi connectivity index (χ2v) is 3.93. The maximum Gasteiger partial charge on any atom is 0.0890 e. The van der Waals surface area contributed by atoms with Gasteiger partial charge in [0.05, 0.1) is 6.17 Å². The fourth-order valence-electron chi connectivity index (χ4n) is 1.57. The van der Waals surface area contributed by atoms with Crippen molar-refractivity contribution < 1.29 is 0 Å². The summed E-state index contributed by atoms with van der Waals surface area (Å²) in [6.07, 6.45) is 0.584. The van der Waals surface area contributed by atoms with E-state index in [1.165, 1.54) is 5.56 Å². The van der Waals surface area contributed by atoms with Crippen molar-refractivity contribution >= 4 is 0 Å². The fraction of sp³-hybridized carbons (Fsp3) is 0.455. The molecule has 0 saturated carbocycles. The molecule has 1 aliphatic heterocycles. The van der Waals surface area contributed by atoms with Gasteiger partial charge in [0.2, 0.25) is 0 Å². The molecule has 2 atom stereocenters. The Balaban J connectivity index is 1.88. The van der Waals surface area contributed by atoms with Gasteiger partial charge in [-0.2, -0.15) is 0 Å². The first-order chi connectivity index (χ1) is 6.27. The van der Waals surface area contributed by atoms with Crippen LogP contribution in [-0.2, 0) is 6.54 Å². The summed E-state index contributed by atoms with van der Waals surface area (Å²) in [6.45, 7) is 5.50. The van der Waals surface area contributed by atoms with Crippen LogP contribution in [0.25, 0.3) is 0 Å². The lowest BCUT2D eigenvalue weighted by Crippen LogP contribution is -2.07. The van der Waals surface area contributed by atoms with E-state index in [2.05, 4.69) is 54.6 Å². The molecule has 0 amide bonds. The highest BCUT2D eigenvalue weighted by atomic mass is 15.7. The van der Waals surface area contributed by atoms with Crippen LogP contribution in [0.5, 0.6) is 0 Å². The summed E-state index contributed by atoms with van der Waals surface area (Å²) in [5, 5.41) is 2.28. The van der Waals surface area contributed by atoms with Gasteiger partial charge in [-0.25, -0.2) is 10.4 Å². The fourth-order valence-corrected chi connectivity index (χ4v) is 1.57. The Morgan fingerprint density at radius 1 is 1.31 bits per heavy atom. The zero-order valence-electron chi connectivity index (χ0n) is 8.20. The average molecular weight is 176 g/mol. The lowest BCUT2D eigenvalue weighted by atomic mass is 10.2. The van der Waals surface area contributed by atoms with Crippen molar-refractivity contribution in [1.82, 2.24) is 10.4 Å². The van der Waals surface area contributed by atoms with Crippen LogP contribution in [0.4, 0.5) is 0 Å². The molecule has 1 aromatic carbocycles. The molecule has 0 bridgehead atoms. The van der Waals surface area contributed by atoms with E-state index in [4.69, 9.17) is 0 Å². The lowest BCUT2D eigenvalue weighted by Gasteiger charge is -2.02. The number of nitrogens with zero attached hydrogens (tertiary/aromatic N) is 1. The van der Waals surface area contributed by atoms with Crippen LogP contribution in [-0.4, -0.2) is 11.2 Å². The maximum atomic E-state index is 3.35. The van der Waals surface area contributed by atoms with E-state index >= 15 is 0 Å². The van der Waals surface area contributed by atoms with Gasteiger partial charge < -0.3 is 0 Å². The monoisotopic (exact) mass is 176 g/mol. The minimum Gasteiger partial charge on any atom is -0.235 e. The molecule has 0 aliphatic carbocycles. The molecule has 2 nitrogen and oxygen atoms in total. The Hall–Kier alpha value is -0.860. The topological polar surface area (TPSA) is 25.0 Å². The first-order valence-electron chi connectivity index (χ1n) is 4.84. The Bertz CT molecular complexity index is 269. The van der Waals surface area contributed by atoms with Gasteiger partial charge in [0.15, 0.2) is 0 Å². The Morgan fingerprint density at radius 3 is 2.54 bits per heavy atom. The van der Waals surface area contributed by atoms with E-state index in [0.717, 1.165) is 6.54 Å². The van der Waals surface area contributed by atoms with Gasteiger partial charge in [-0.3, -0.25) is 0 Å². The van der Waals surface area contributed by atoms with Crippen molar-refractivity contribution in [1.29, 1.82) is 0 Å². The zero-order valence-corrected chi connectivity index (χ0v) is 8.20. The molecule has 2 heteroatoms. The predicted octanol–water partition coefficient (Wildman–Crippen LogP) is 1.99. The molecular weight excluding hydrogens is 160 g/mol. The molecule has 1 aromatic rings. The largest absolute Gasteiger partial charge is 0.235 e. The highest BCUT2D eigenvalue weighted by Crippen LogP contribution is 2.20. The number of nitrogens with one attached hydrogen (secondary N) is 1. The van der Waals surface area contributed by atoms with Gasteiger partial charge in [-0.1, -0.05) is 44.2 Å². The van der Waals surface area contributed by atoms with Crippen molar-refractivity contribution in [2.45, 2.75) is 26.6 Å². The molecule has 1 N–H and O–H groups in total. The molecule has 0 aromatic heterocycles. The SMILES string of the molecule is CC(C)C1NN1Cc1ccccc1. The molecule has 0 spiro atoms. The Morgan fingerprint density at radius 2 is 2.00 bits per heavy atom. The van der Waals surface area contributed by atoms with Crippen LogP contribution in [0.2, 0.25) is 0 Å². The summed E-state index contributed by atoms with van der Waals surface area (Å²) in [6, 6.07) is 10.6. The third-order valence-electron chi connectivity index (χ3n) is 2.39. The second kappa shape index (κ2) is 3.48. The summed E-state index contributed by atoms with van der Waals surface area (Å²) in [5.41, 5.74) is 4.72. The first kappa shape index (κ1) is 8.73. The van der Waals surface area contributed by atoms with Crippen molar-refractivity contribution in [2.75, 3.05) is 0 Å². The number of hydrogen-bond acceptors (Lipinski definition) is 2. The van der Waals surface area contributed by atoms with Crippen LogP contribution < -0.4 is 5.43 Å². The zero-order chi connectivity index (χ0) is 9.26. The minimum absolute atomic E-state index is 0.584. The van der Waals surface area contributed by atoms with Crippen LogP contribution >= 0.6 is 0 Å². The van der Waals surface area contributed by atoms with Crippen molar-refractivity contribution in [2.24, 2.45) is 5.92 Å². The average Bonchev–Trinajstić information content (AvgIpc) is 2.86. The predicted molar refractivity (Wildman–Crippen MR) is 53.7 cm³/mol. The molecule has 1 aliphatic rings. The Kier molecular flexibility index (Phi) is 2.34. The van der Waals surface area contributed by atoms with Crippen molar-refractivity contribution in [3.8, 4) is 0 Å². The maximum absolute atomic E-state index is 3.35. The van der Waals surface area contributed by atoms with Gasteiger partial charge in [0.25, 0.3) is 0 Å². The summed E-state index contributed by atoms with van der Waals surface area (Å²) in [4.78, 5) is 0. The molecule has 0 radical (unpaired) electrons. The van der Waals surface area contributed by atoms with Crippen LogP contribution in [0.3, 0.4) is 0 Å². The van der Waals surface area contributed by atoms with Crippen LogP contribution in [0, 0.1) is 5.92 Å². The molecule has 13 heavy (non-hydrogen) atoms. The highest BCUT2D eigenvalue weighted by molar-refractivity contribution is 5.15. The number of hydrazine groups is 1. The molecule has 1 saturated heterocycles. The van der Waals surface area contributed by atoms with Crippen LogP contribution in [0.1, 0.15) is 19.4 Å². The van der Waals surface area contributed by atoms with E-state index in [-0.39, 0.29) is 0 Å². The van der Waals surface area contributed by atoms with E-state index in [1.807, 2.05) is 0 Å². The molecule has 1 heterocycles. The van der Waals surface area contributed by atoms with E-state index in [1.54, 1.807) is 0 Å². The highest BCUT2D eigenvalue weighted by Gasteiger charge is 2.35. The number of hydrogen-bond donors (Lipinski definition) is 1. The number of rotatable bonds is 3. The van der Waals surface area contributed by atoms with Gasteiger partial charge >= 0.3 is 0 Å². The van der Waals surface area contributed by atoms with E-state index in [0.29, 0.717) is 12.1 Å². The Labute approximate surface area is 79.5 Å². The van der Waals surface area contributed by atoms with E-state index < -0.39 is 0 Å². The normalized spacial score (nSPS) is 26.4. The van der Waals surface area contributed by atoms with Crippen molar-refractivity contribution in [3.63, 3.8) is 0 Å². The quantitative estimate of drug-likeness (QED) is 0.712. The van der Waals surface area contributed by atoms with Gasteiger partial charge in [0.1, 0.15) is 0 Å². The van der Waals surface area contributed by atoms with Gasteiger partial charge in [0, 0.05) is 6.54 Å². The van der Waals surface area contributed by atoms with Gasteiger partial charge in [-0.15, -0.1) is 0 Å². The standard InChI is InChI=1S/C11H16N2/c1-9(2)11-12-13(11)8-10-6-4-3-5-7-10/h3-7,9,11-12H,8H2,1-2H3. The summed E-state index contributed by atoms with van der Waals surface area (Å²) in [7, 11) is 0. The third kappa shape index (κ3) is 2.08. The number of benzene rings is 1. The summed E-state index contributed by atoms with van der Waals surface area (Å²) < 4.78 is 0. The van der Waals surface area contributed by atoms with E-state index in [9.17, 15) is 0 Å². The molecule has 1 fully saturated rings. The van der Waals surface area contributed by atoms with Crippen molar-refractivity contribution in [3.05, 3.63) is 35.9 Å². The molecule has 2 rings (SSSR count). The minimum atomic E-state index is 0.584. The first-order valence-corrected chi connectivity index (χ1v) is 4.84. The second-order valence-electron chi connectivity index (χ2n) is 3.93. The van der Waals surface area contributed by atoms with Gasteiger partial charge in [-0.05, 0) is 11.5 Å². The lowest BCUT2D eigenvalue weighted by molar-refractivity contribution is 0.430. The molecular formula is C11H16N2. The smallest absolute Gasteiger partial charge is 0.0890 e.